The SMILES string of the molecule is COc1ccccc1CC(=O)N1CCC(NC(=O)c2cccc(S(=O)(=O)NCC3CC3)c2)CC1. The first-order chi connectivity index (χ1) is 16.4. The largest absolute Gasteiger partial charge is 0.496 e. The average Bonchev–Trinajstić information content (AvgIpc) is 3.68. The topological polar surface area (TPSA) is 105 Å². The number of hydrogen-bond acceptors (Lipinski definition) is 5. The second kappa shape index (κ2) is 10.6. The third-order valence-corrected chi connectivity index (χ3v) is 7.80. The van der Waals surface area contributed by atoms with Crippen molar-refractivity contribution >= 4 is 21.8 Å². The fraction of sp³-hybridized carbons (Fsp3) is 0.440. The molecule has 1 saturated carbocycles. The van der Waals surface area contributed by atoms with Gasteiger partial charge < -0.3 is 15.0 Å². The molecule has 1 aliphatic carbocycles. The smallest absolute Gasteiger partial charge is 0.251 e. The number of rotatable bonds is 9. The standard InChI is InChI=1S/C25H31N3O5S/c1-33-23-8-3-2-5-19(23)16-24(29)28-13-11-21(12-14-28)27-25(30)20-6-4-7-22(15-20)34(31,32)26-17-18-9-10-18/h2-8,15,18,21,26H,9-14,16-17H2,1H3,(H,27,30). The fourth-order valence-electron chi connectivity index (χ4n) is 4.10. The van der Waals surface area contributed by atoms with Crippen molar-refractivity contribution in [3.05, 3.63) is 59.7 Å². The van der Waals surface area contributed by atoms with Gasteiger partial charge in [0, 0.05) is 36.8 Å². The number of amides is 2. The predicted molar refractivity (Wildman–Crippen MR) is 128 cm³/mol. The van der Waals surface area contributed by atoms with E-state index in [1.54, 1.807) is 19.2 Å². The van der Waals surface area contributed by atoms with Crippen molar-refractivity contribution in [1.82, 2.24) is 14.9 Å². The summed E-state index contributed by atoms with van der Waals surface area (Å²) in [5, 5.41) is 2.99. The highest BCUT2D eigenvalue weighted by atomic mass is 32.2. The van der Waals surface area contributed by atoms with Crippen molar-refractivity contribution in [1.29, 1.82) is 0 Å². The first-order valence-electron chi connectivity index (χ1n) is 11.7. The van der Waals surface area contributed by atoms with E-state index >= 15 is 0 Å². The highest BCUT2D eigenvalue weighted by molar-refractivity contribution is 7.89. The minimum Gasteiger partial charge on any atom is -0.496 e. The zero-order valence-corrected chi connectivity index (χ0v) is 20.1. The van der Waals surface area contributed by atoms with Crippen LogP contribution in [0.5, 0.6) is 5.75 Å². The Balaban J connectivity index is 1.29. The number of methoxy groups -OCH3 is 1. The number of sulfonamides is 1. The highest BCUT2D eigenvalue weighted by Crippen LogP contribution is 2.28. The van der Waals surface area contributed by atoms with Crippen LogP contribution in [0.3, 0.4) is 0 Å². The number of piperidine rings is 1. The van der Waals surface area contributed by atoms with Gasteiger partial charge in [-0.25, -0.2) is 13.1 Å². The maximum Gasteiger partial charge on any atom is 0.251 e. The Hall–Kier alpha value is -2.91. The predicted octanol–water partition coefficient (Wildman–Crippen LogP) is 2.35. The lowest BCUT2D eigenvalue weighted by Crippen LogP contribution is -2.47. The van der Waals surface area contributed by atoms with Crippen molar-refractivity contribution in [3.8, 4) is 5.75 Å². The summed E-state index contributed by atoms with van der Waals surface area (Å²) in [5.41, 5.74) is 1.16. The minimum atomic E-state index is -3.64. The molecule has 0 aromatic heterocycles. The molecule has 0 bridgehead atoms. The molecular weight excluding hydrogens is 454 g/mol. The van der Waals surface area contributed by atoms with E-state index in [0.29, 0.717) is 49.7 Å². The van der Waals surface area contributed by atoms with Crippen LogP contribution in [0, 0.1) is 5.92 Å². The zero-order valence-electron chi connectivity index (χ0n) is 19.3. The van der Waals surface area contributed by atoms with Crippen LogP contribution in [-0.2, 0) is 21.2 Å². The van der Waals surface area contributed by atoms with Gasteiger partial charge in [-0.2, -0.15) is 0 Å². The average molecular weight is 486 g/mol. The lowest BCUT2D eigenvalue weighted by atomic mass is 10.0. The summed E-state index contributed by atoms with van der Waals surface area (Å²) in [6.07, 6.45) is 3.66. The Labute approximate surface area is 200 Å². The Kier molecular flexibility index (Phi) is 7.53. The van der Waals surface area contributed by atoms with E-state index in [1.165, 1.54) is 12.1 Å². The van der Waals surface area contributed by atoms with Crippen LogP contribution >= 0.6 is 0 Å². The summed E-state index contributed by atoms with van der Waals surface area (Å²) in [6.45, 7) is 1.55. The molecule has 2 fully saturated rings. The van der Waals surface area contributed by atoms with Crippen molar-refractivity contribution < 1.29 is 22.7 Å². The lowest BCUT2D eigenvalue weighted by Gasteiger charge is -2.32. The van der Waals surface area contributed by atoms with Gasteiger partial charge in [-0.3, -0.25) is 9.59 Å². The van der Waals surface area contributed by atoms with Crippen molar-refractivity contribution in [3.63, 3.8) is 0 Å². The molecule has 1 aliphatic heterocycles. The molecule has 0 atom stereocenters. The first-order valence-corrected chi connectivity index (χ1v) is 13.1. The molecule has 2 aromatic carbocycles. The van der Waals surface area contributed by atoms with E-state index in [4.69, 9.17) is 4.74 Å². The van der Waals surface area contributed by atoms with Gasteiger partial charge in [0.25, 0.3) is 5.91 Å². The molecule has 0 unspecified atom stereocenters. The fourth-order valence-corrected chi connectivity index (χ4v) is 5.26. The first kappa shape index (κ1) is 24.2. The Morgan fingerprint density at radius 3 is 2.47 bits per heavy atom. The number of hydrogen-bond donors (Lipinski definition) is 2. The van der Waals surface area contributed by atoms with Crippen LogP contribution in [0.4, 0.5) is 0 Å². The van der Waals surface area contributed by atoms with Gasteiger partial charge in [0.05, 0.1) is 18.4 Å². The highest BCUT2D eigenvalue weighted by Gasteiger charge is 2.26. The summed E-state index contributed by atoms with van der Waals surface area (Å²) in [4.78, 5) is 27.4. The summed E-state index contributed by atoms with van der Waals surface area (Å²) in [7, 11) is -2.04. The molecule has 0 radical (unpaired) electrons. The van der Waals surface area contributed by atoms with Crippen molar-refractivity contribution in [2.45, 2.75) is 43.0 Å². The van der Waals surface area contributed by atoms with Crippen LogP contribution in [0.25, 0.3) is 0 Å². The summed E-state index contributed by atoms with van der Waals surface area (Å²) in [5.74, 6) is 0.850. The van der Waals surface area contributed by atoms with Gasteiger partial charge in [-0.05, 0) is 55.9 Å². The van der Waals surface area contributed by atoms with E-state index in [-0.39, 0.29) is 29.2 Å². The van der Waals surface area contributed by atoms with Gasteiger partial charge in [0.1, 0.15) is 5.75 Å². The van der Waals surface area contributed by atoms with Gasteiger partial charge in [0.2, 0.25) is 15.9 Å². The number of para-hydroxylation sites is 1. The maximum atomic E-state index is 12.8. The summed E-state index contributed by atoms with van der Waals surface area (Å²) < 4.78 is 33.0. The van der Waals surface area contributed by atoms with Gasteiger partial charge in [-0.1, -0.05) is 24.3 Å². The quantitative estimate of drug-likeness (QED) is 0.567. The molecule has 8 nitrogen and oxygen atoms in total. The van der Waals surface area contributed by atoms with Crippen molar-refractivity contribution in [2.24, 2.45) is 5.92 Å². The van der Waals surface area contributed by atoms with Gasteiger partial charge >= 0.3 is 0 Å². The van der Waals surface area contributed by atoms with Crippen LogP contribution in [0.2, 0.25) is 0 Å². The zero-order chi connectivity index (χ0) is 24.1. The van der Waals surface area contributed by atoms with E-state index < -0.39 is 10.0 Å². The second-order valence-corrected chi connectivity index (χ2v) is 10.7. The Morgan fingerprint density at radius 2 is 1.76 bits per heavy atom. The number of carbonyl (C=O) groups excluding carboxylic acids is 2. The second-order valence-electron chi connectivity index (χ2n) is 8.94. The number of benzene rings is 2. The normalized spacial score (nSPS) is 16.8. The van der Waals surface area contributed by atoms with Crippen LogP contribution in [0.1, 0.15) is 41.6 Å². The summed E-state index contributed by atoms with van der Waals surface area (Å²) in [6, 6.07) is 13.5. The van der Waals surface area contributed by atoms with Crippen molar-refractivity contribution in [2.75, 3.05) is 26.7 Å². The number of nitrogens with zero attached hydrogens (tertiary/aromatic N) is 1. The maximum absolute atomic E-state index is 12.8. The molecular formula is C25H31N3O5S. The molecule has 9 heteroatoms. The molecule has 2 aliphatic rings. The molecule has 1 saturated heterocycles. The molecule has 34 heavy (non-hydrogen) atoms. The van der Waals surface area contributed by atoms with Crippen LogP contribution in [-0.4, -0.2) is 57.9 Å². The monoisotopic (exact) mass is 485 g/mol. The molecule has 0 spiro atoms. The Bertz CT molecular complexity index is 1140. The minimum absolute atomic E-state index is 0.0332. The molecule has 1 heterocycles. The van der Waals surface area contributed by atoms with E-state index in [1.807, 2.05) is 29.2 Å². The van der Waals surface area contributed by atoms with Gasteiger partial charge in [-0.15, -0.1) is 0 Å². The molecule has 4 rings (SSSR count). The number of nitrogens with one attached hydrogen (secondary N) is 2. The third-order valence-electron chi connectivity index (χ3n) is 6.38. The summed E-state index contributed by atoms with van der Waals surface area (Å²) >= 11 is 0. The molecule has 2 amide bonds. The Morgan fingerprint density at radius 1 is 1.03 bits per heavy atom. The lowest BCUT2D eigenvalue weighted by molar-refractivity contribution is -0.131. The molecule has 182 valence electrons. The third kappa shape index (κ3) is 6.15. The van der Waals surface area contributed by atoms with E-state index in [9.17, 15) is 18.0 Å². The van der Waals surface area contributed by atoms with E-state index in [0.717, 1.165) is 18.4 Å². The van der Waals surface area contributed by atoms with E-state index in [2.05, 4.69) is 10.0 Å². The van der Waals surface area contributed by atoms with Gasteiger partial charge in [0.15, 0.2) is 0 Å². The number of carbonyl (C=O) groups is 2. The molecule has 2 aromatic rings. The number of likely N-dealkylation sites (tertiary alicyclic amines) is 1. The van der Waals surface area contributed by atoms with Crippen LogP contribution in [0.15, 0.2) is 53.4 Å². The molecule has 2 N–H and O–H groups in total. The number of ether oxygens (including phenoxy) is 1. The van der Waals surface area contributed by atoms with Crippen LogP contribution < -0.4 is 14.8 Å².